The molecular weight excluding hydrogens is 283 g/mol. The average molecular weight is 297 g/mol. The molecule has 106 valence electrons. The van der Waals surface area contributed by atoms with E-state index in [9.17, 15) is 14.4 Å². The lowest BCUT2D eigenvalue weighted by molar-refractivity contribution is 0.110. The van der Waals surface area contributed by atoms with Crippen LogP contribution in [-0.2, 0) is 6.42 Å². The van der Waals surface area contributed by atoms with E-state index in [1.165, 1.54) is 23.1 Å². The van der Waals surface area contributed by atoms with E-state index in [0.717, 1.165) is 0 Å². The zero-order chi connectivity index (χ0) is 14.8. The molecule has 0 radical (unpaired) electrons. The molecule has 1 amide bonds. The molecule has 0 spiro atoms. The van der Waals surface area contributed by atoms with Crippen LogP contribution < -0.4 is 0 Å². The van der Waals surface area contributed by atoms with Crippen molar-refractivity contribution in [3.8, 4) is 6.07 Å². The van der Waals surface area contributed by atoms with Crippen molar-refractivity contribution >= 4 is 17.7 Å². The fraction of sp³-hybridized carbons (Fsp3) is 0.429. The van der Waals surface area contributed by atoms with Crippen LogP contribution in [-0.4, -0.2) is 29.2 Å². The number of carboxylic acid groups (broad SMARTS) is 1. The van der Waals surface area contributed by atoms with Gasteiger partial charge in [0.15, 0.2) is 0 Å². The zero-order valence-electron chi connectivity index (χ0n) is 10.8. The lowest BCUT2D eigenvalue weighted by Gasteiger charge is -2.36. The summed E-state index contributed by atoms with van der Waals surface area (Å²) in [6.45, 7) is 0.631. The summed E-state index contributed by atoms with van der Waals surface area (Å²) in [6.07, 6.45) is 0.235. The predicted octanol–water partition coefficient (Wildman–Crippen LogP) is 3.31. The van der Waals surface area contributed by atoms with E-state index in [1.54, 1.807) is 0 Å². The number of hydrogen-bond donors (Lipinski definition) is 1. The minimum absolute atomic E-state index is 0.315. The maximum atomic E-state index is 13.3. The van der Waals surface area contributed by atoms with E-state index in [2.05, 4.69) is 6.07 Å². The van der Waals surface area contributed by atoms with Gasteiger partial charge >= 0.3 is 6.09 Å². The highest BCUT2D eigenvalue weighted by molar-refractivity contribution is 6.31. The van der Waals surface area contributed by atoms with E-state index < -0.39 is 11.5 Å². The van der Waals surface area contributed by atoms with Crippen LogP contribution in [0.15, 0.2) is 18.2 Å². The van der Waals surface area contributed by atoms with Crippen LogP contribution in [0.1, 0.15) is 18.4 Å². The number of hydrogen-bond acceptors (Lipinski definition) is 2. The average Bonchev–Trinajstić information content (AvgIpc) is 2.43. The lowest BCUT2D eigenvalue weighted by atomic mass is 9.75. The SMILES string of the molecule is N#CC1(Cc2cc(F)ccc2Cl)CCN(C(=O)O)CC1. The Balaban J connectivity index is 2.16. The Morgan fingerprint density at radius 2 is 2.15 bits per heavy atom. The summed E-state index contributed by atoms with van der Waals surface area (Å²) in [6, 6.07) is 6.36. The van der Waals surface area contributed by atoms with Crippen molar-refractivity contribution in [3.05, 3.63) is 34.6 Å². The second kappa shape index (κ2) is 5.68. The first kappa shape index (κ1) is 14.6. The Morgan fingerprint density at radius 3 is 2.70 bits per heavy atom. The molecule has 0 aliphatic carbocycles. The second-order valence-electron chi connectivity index (χ2n) is 5.07. The summed E-state index contributed by atoms with van der Waals surface area (Å²) in [5.74, 6) is -0.388. The molecule has 4 nitrogen and oxygen atoms in total. The molecule has 1 fully saturated rings. The first-order valence-corrected chi connectivity index (χ1v) is 6.67. The summed E-state index contributed by atoms with van der Waals surface area (Å²) >= 11 is 6.03. The molecule has 20 heavy (non-hydrogen) atoms. The molecule has 1 aromatic carbocycles. The van der Waals surface area contributed by atoms with Gasteiger partial charge < -0.3 is 10.0 Å². The number of amides is 1. The highest BCUT2D eigenvalue weighted by Gasteiger charge is 2.36. The van der Waals surface area contributed by atoms with Crippen LogP contribution >= 0.6 is 11.6 Å². The van der Waals surface area contributed by atoms with Gasteiger partial charge in [-0.05, 0) is 43.0 Å². The number of likely N-dealkylation sites (tertiary alicyclic amines) is 1. The second-order valence-corrected chi connectivity index (χ2v) is 5.48. The van der Waals surface area contributed by atoms with Gasteiger partial charge in [0, 0.05) is 18.1 Å². The topological polar surface area (TPSA) is 64.3 Å². The molecule has 0 aromatic heterocycles. The molecule has 1 N–H and O–H groups in total. The molecule has 1 saturated heterocycles. The molecule has 1 heterocycles. The van der Waals surface area contributed by atoms with Crippen molar-refractivity contribution in [1.82, 2.24) is 4.90 Å². The number of halogens is 2. The summed E-state index contributed by atoms with van der Waals surface area (Å²) in [4.78, 5) is 12.2. The number of nitriles is 1. The minimum Gasteiger partial charge on any atom is -0.465 e. The zero-order valence-corrected chi connectivity index (χ0v) is 11.5. The van der Waals surface area contributed by atoms with Crippen LogP contribution in [0.3, 0.4) is 0 Å². The van der Waals surface area contributed by atoms with Gasteiger partial charge in [0.1, 0.15) is 5.82 Å². The molecule has 0 unspecified atom stereocenters. The van der Waals surface area contributed by atoms with Crippen LogP contribution in [0.4, 0.5) is 9.18 Å². The summed E-state index contributed by atoms with van der Waals surface area (Å²) in [5, 5.41) is 18.8. The first-order valence-electron chi connectivity index (χ1n) is 6.29. The molecule has 0 atom stereocenters. The van der Waals surface area contributed by atoms with Gasteiger partial charge in [-0.15, -0.1) is 0 Å². The largest absolute Gasteiger partial charge is 0.465 e. The molecule has 6 heteroatoms. The smallest absolute Gasteiger partial charge is 0.407 e. The molecule has 2 rings (SSSR count). The van der Waals surface area contributed by atoms with Gasteiger partial charge in [-0.2, -0.15) is 5.26 Å². The monoisotopic (exact) mass is 296 g/mol. The van der Waals surface area contributed by atoms with Crippen LogP contribution in [0.25, 0.3) is 0 Å². The standard InChI is InChI=1S/C14H14ClFN2O2/c15-12-2-1-11(16)7-10(12)8-14(9-17)3-5-18(6-4-14)13(19)20/h1-2,7H,3-6,8H2,(H,19,20). The van der Waals surface area contributed by atoms with Gasteiger partial charge in [0.2, 0.25) is 0 Å². The Morgan fingerprint density at radius 1 is 1.50 bits per heavy atom. The number of nitrogens with zero attached hydrogens (tertiary/aromatic N) is 2. The third-order valence-corrected chi connectivity index (χ3v) is 4.13. The van der Waals surface area contributed by atoms with Crippen LogP contribution in [0.5, 0.6) is 0 Å². The predicted molar refractivity (Wildman–Crippen MR) is 72.0 cm³/mol. The number of carbonyl (C=O) groups is 1. The Hall–Kier alpha value is -1.80. The maximum absolute atomic E-state index is 13.3. The van der Waals surface area contributed by atoms with Crippen molar-refractivity contribution in [2.24, 2.45) is 5.41 Å². The summed E-state index contributed by atoms with van der Waals surface area (Å²) < 4.78 is 13.3. The summed E-state index contributed by atoms with van der Waals surface area (Å²) in [7, 11) is 0. The number of rotatable bonds is 2. The van der Waals surface area contributed by atoms with Crippen molar-refractivity contribution in [1.29, 1.82) is 5.26 Å². The highest BCUT2D eigenvalue weighted by Crippen LogP contribution is 2.36. The normalized spacial score (nSPS) is 17.6. The van der Waals surface area contributed by atoms with E-state index >= 15 is 0 Å². The fourth-order valence-electron chi connectivity index (χ4n) is 2.50. The lowest BCUT2D eigenvalue weighted by Crippen LogP contribution is -2.43. The minimum atomic E-state index is -0.972. The van der Waals surface area contributed by atoms with Crippen molar-refractivity contribution < 1.29 is 14.3 Å². The number of benzene rings is 1. The third kappa shape index (κ3) is 3.02. The van der Waals surface area contributed by atoms with Gasteiger partial charge in [0.05, 0.1) is 11.5 Å². The van der Waals surface area contributed by atoms with Crippen LogP contribution in [0, 0.1) is 22.6 Å². The van der Waals surface area contributed by atoms with Gasteiger partial charge in [-0.25, -0.2) is 9.18 Å². The summed E-state index contributed by atoms with van der Waals surface area (Å²) in [5.41, 5.74) is -0.0828. The highest BCUT2D eigenvalue weighted by atomic mass is 35.5. The van der Waals surface area contributed by atoms with Gasteiger partial charge in [-0.3, -0.25) is 0 Å². The van der Waals surface area contributed by atoms with Gasteiger partial charge in [-0.1, -0.05) is 11.6 Å². The van der Waals surface area contributed by atoms with Crippen molar-refractivity contribution in [2.75, 3.05) is 13.1 Å². The van der Waals surface area contributed by atoms with Gasteiger partial charge in [0.25, 0.3) is 0 Å². The molecule has 0 saturated carbocycles. The van der Waals surface area contributed by atoms with Crippen LogP contribution in [0.2, 0.25) is 5.02 Å². The molecule has 0 bridgehead atoms. The van der Waals surface area contributed by atoms with E-state index in [0.29, 0.717) is 42.9 Å². The molecule has 1 aliphatic rings. The van der Waals surface area contributed by atoms with Crippen molar-refractivity contribution in [2.45, 2.75) is 19.3 Å². The van der Waals surface area contributed by atoms with E-state index in [1.807, 2.05) is 0 Å². The maximum Gasteiger partial charge on any atom is 0.407 e. The fourth-order valence-corrected chi connectivity index (χ4v) is 2.68. The first-order chi connectivity index (χ1) is 9.46. The quantitative estimate of drug-likeness (QED) is 0.910. The third-order valence-electron chi connectivity index (χ3n) is 3.76. The Kier molecular flexibility index (Phi) is 4.15. The van der Waals surface area contributed by atoms with E-state index in [4.69, 9.17) is 16.7 Å². The Bertz CT molecular complexity index is 563. The molecule has 1 aromatic rings. The molecular formula is C14H14ClFN2O2. The Labute approximate surface area is 121 Å². The number of piperidine rings is 1. The van der Waals surface area contributed by atoms with Crippen molar-refractivity contribution in [3.63, 3.8) is 0 Å². The van der Waals surface area contributed by atoms with E-state index in [-0.39, 0.29) is 5.82 Å². The molecule has 1 aliphatic heterocycles.